The molecule has 0 N–H and O–H groups in total. The summed E-state index contributed by atoms with van der Waals surface area (Å²) < 4.78 is 5.69. The van der Waals surface area contributed by atoms with Crippen molar-refractivity contribution in [2.45, 2.75) is 52.7 Å². The lowest BCUT2D eigenvalue weighted by Crippen LogP contribution is -2.34. The maximum absolute atomic E-state index is 11.7. The number of carbonyl (C=O) groups excluding carboxylic acids is 1. The summed E-state index contributed by atoms with van der Waals surface area (Å²) in [6.07, 6.45) is 7.25. The van der Waals surface area contributed by atoms with Gasteiger partial charge in [0.25, 0.3) is 0 Å². The smallest absolute Gasteiger partial charge is 0.147 e. The Morgan fingerprint density at radius 1 is 1.08 bits per heavy atom. The minimum Gasteiger partial charge on any atom is -0.373 e. The first-order valence-corrected chi connectivity index (χ1v) is 9.00. The molecule has 0 radical (unpaired) electrons. The van der Waals surface area contributed by atoms with E-state index in [-0.39, 0.29) is 11.8 Å². The van der Waals surface area contributed by atoms with Crippen molar-refractivity contribution in [1.29, 1.82) is 0 Å². The van der Waals surface area contributed by atoms with Crippen LogP contribution in [0.2, 0.25) is 0 Å². The average molecular weight is 344 g/mol. The van der Waals surface area contributed by atoms with E-state index < -0.39 is 0 Å². The molecule has 1 aromatic rings. The van der Waals surface area contributed by atoms with Crippen LogP contribution in [0.25, 0.3) is 0 Å². The average Bonchev–Trinajstić information content (AvgIpc) is 2.57. The van der Waals surface area contributed by atoms with E-state index in [2.05, 4.69) is 38.1 Å². The molecule has 1 atom stereocenters. The zero-order valence-corrected chi connectivity index (χ0v) is 16.4. The van der Waals surface area contributed by atoms with Gasteiger partial charge in [-0.1, -0.05) is 53.6 Å². The SMILES string of the molecule is CC(=O)C(C/C(C)=C/CC/C(C)=C/COCc1ccccc1)N(C)C. The molecule has 0 aliphatic carbocycles. The maximum Gasteiger partial charge on any atom is 0.147 e. The van der Waals surface area contributed by atoms with Gasteiger partial charge in [0.05, 0.1) is 19.3 Å². The highest BCUT2D eigenvalue weighted by Crippen LogP contribution is 2.13. The minimum atomic E-state index is -0.0146. The summed E-state index contributed by atoms with van der Waals surface area (Å²) in [7, 11) is 3.92. The first-order chi connectivity index (χ1) is 11.9. The molecule has 138 valence electrons. The van der Waals surface area contributed by atoms with E-state index in [1.54, 1.807) is 6.92 Å². The van der Waals surface area contributed by atoms with Crippen LogP contribution in [-0.2, 0) is 16.1 Å². The molecule has 0 saturated carbocycles. The van der Waals surface area contributed by atoms with Crippen LogP contribution >= 0.6 is 0 Å². The molecule has 0 amide bonds. The van der Waals surface area contributed by atoms with Crippen molar-refractivity contribution in [2.24, 2.45) is 0 Å². The lowest BCUT2D eigenvalue weighted by Gasteiger charge is -2.21. The van der Waals surface area contributed by atoms with Crippen molar-refractivity contribution in [1.82, 2.24) is 4.90 Å². The highest BCUT2D eigenvalue weighted by atomic mass is 16.5. The van der Waals surface area contributed by atoms with Gasteiger partial charge in [-0.15, -0.1) is 0 Å². The number of carbonyl (C=O) groups is 1. The lowest BCUT2D eigenvalue weighted by molar-refractivity contribution is -0.121. The second-order valence-corrected chi connectivity index (χ2v) is 6.93. The quantitative estimate of drug-likeness (QED) is 0.427. The summed E-state index contributed by atoms with van der Waals surface area (Å²) in [6, 6.07) is 10.2. The van der Waals surface area contributed by atoms with Crippen molar-refractivity contribution < 1.29 is 9.53 Å². The van der Waals surface area contributed by atoms with Gasteiger partial charge in [0.1, 0.15) is 5.78 Å². The van der Waals surface area contributed by atoms with Gasteiger partial charge in [-0.2, -0.15) is 0 Å². The van der Waals surface area contributed by atoms with Crippen molar-refractivity contribution >= 4 is 5.78 Å². The van der Waals surface area contributed by atoms with Gasteiger partial charge in [0, 0.05) is 0 Å². The Morgan fingerprint density at radius 2 is 1.76 bits per heavy atom. The van der Waals surface area contributed by atoms with Crippen molar-refractivity contribution in [2.75, 3.05) is 20.7 Å². The summed E-state index contributed by atoms with van der Waals surface area (Å²) in [5, 5.41) is 0. The molecule has 0 bridgehead atoms. The van der Waals surface area contributed by atoms with Gasteiger partial charge >= 0.3 is 0 Å². The molecule has 3 nitrogen and oxygen atoms in total. The van der Waals surface area contributed by atoms with Crippen molar-refractivity contribution in [3.8, 4) is 0 Å². The van der Waals surface area contributed by atoms with Crippen LogP contribution in [0, 0.1) is 0 Å². The fourth-order valence-electron chi connectivity index (χ4n) is 2.68. The molecule has 0 saturated heterocycles. The second-order valence-electron chi connectivity index (χ2n) is 6.93. The molecule has 0 spiro atoms. The summed E-state index contributed by atoms with van der Waals surface area (Å²) in [5.74, 6) is 0.226. The number of likely N-dealkylation sites (N-methyl/N-ethyl adjacent to an activating group) is 1. The van der Waals surface area contributed by atoms with E-state index in [0.29, 0.717) is 13.2 Å². The van der Waals surface area contributed by atoms with E-state index in [4.69, 9.17) is 4.74 Å². The molecule has 1 aromatic carbocycles. The molecular formula is C22H33NO2. The Kier molecular flexibility index (Phi) is 10.0. The lowest BCUT2D eigenvalue weighted by atomic mass is 10.0. The first kappa shape index (κ1) is 21.3. The number of hydrogen-bond acceptors (Lipinski definition) is 3. The standard InChI is InChI=1S/C22H33NO2/c1-18(14-15-25-17-21-12-7-6-8-13-21)10-9-11-19(2)16-22(20(3)24)23(4)5/h6-8,11-14,22H,9-10,15-17H2,1-5H3/b18-14+,19-11+. The second kappa shape index (κ2) is 11.8. The highest BCUT2D eigenvalue weighted by molar-refractivity contribution is 5.81. The maximum atomic E-state index is 11.7. The van der Waals surface area contributed by atoms with Crippen LogP contribution in [0.1, 0.15) is 45.6 Å². The van der Waals surface area contributed by atoms with Crippen molar-refractivity contribution in [3.63, 3.8) is 0 Å². The molecule has 0 heterocycles. The molecule has 0 aliphatic rings. The van der Waals surface area contributed by atoms with Crippen LogP contribution in [0.5, 0.6) is 0 Å². The number of Topliss-reactive ketones (excluding diaryl/α,β-unsaturated/α-hetero) is 1. The number of ketones is 1. The first-order valence-electron chi connectivity index (χ1n) is 9.00. The van der Waals surface area contributed by atoms with Gasteiger partial charge in [-0.05, 0) is 59.7 Å². The number of hydrogen-bond donors (Lipinski definition) is 0. The zero-order valence-electron chi connectivity index (χ0n) is 16.4. The minimum absolute atomic E-state index is 0.0146. The van der Waals surface area contributed by atoms with Crippen LogP contribution in [0.4, 0.5) is 0 Å². The molecule has 3 heteroatoms. The molecule has 0 aliphatic heterocycles. The number of benzene rings is 1. The number of allylic oxidation sites excluding steroid dienone is 2. The summed E-state index contributed by atoms with van der Waals surface area (Å²) in [4.78, 5) is 13.7. The van der Waals surface area contributed by atoms with E-state index in [1.807, 2.05) is 37.2 Å². The van der Waals surface area contributed by atoms with Crippen molar-refractivity contribution in [3.05, 3.63) is 59.2 Å². The predicted molar refractivity (Wildman–Crippen MR) is 106 cm³/mol. The predicted octanol–water partition coefficient (Wildman–Crippen LogP) is 4.79. The zero-order chi connectivity index (χ0) is 18.7. The third kappa shape index (κ3) is 9.37. The normalized spacial score (nSPS) is 14.0. The van der Waals surface area contributed by atoms with Crippen LogP contribution in [0.3, 0.4) is 0 Å². The Hall–Kier alpha value is -1.71. The molecule has 1 rings (SSSR count). The Balaban J connectivity index is 2.29. The number of rotatable bonds is 11. The van der Waals surface area contributed by atoms with Crippen LogP contribution < -0.4 is 0 Å². The number of nitrogens with zero attached hydrogens (tertiary/aromatic N) is 1. The molecular weight excluding hydrogens is 310 g/mol. The van der Waals surface area contributed by atoms with Gasteiger partial charge in [0.15, 0.2) is 0 Å². The van der Waals surface area contributed by atoms with Gasteiger partial charge in [-0.25, -0.2) is 0 Å². The highest BCUT2D eigenvalue weighted by Gasteiger charge is 2.16. The Bertz CT molecular complexity index is 573. The van der Waals surface area contributed by atoms with Gasteiger partial charge < -0.3 is 4.74 Å². The number of ether oxygens (including phenoxy) is 1. The van der Waals surface area contributed by atoms with Crippen LogP contribution in [0.15, 0.2) is 53.6 Å². The van der Waals surface area contributed by atoms with E-state index in [9.17, 15) is 4.79 Å². The molecule has 0 aromatic heterocycles. The largest absolute Gasteiger partial charge is 0.373 e. The van der Waals surface area contributed by atoms with E-state index in [0.717, 1.165) is 19.3 Å². The molecule has 25 heavy (non-hydrogen) atoms. The Labute approximate surface area is 153 Å². The van der Waals surface area contributed by atoms with E-state index >= 15 is 0 Å². The third-order valence-corrected chi connectivity index (χ3v) is 4.30. The summed E-state index contributed by atoms with van der Waals surface area (Å²) in [5.41, 5.74) is 3.82. The summed E-state index contributed by atoms with van der Waals surface area (Å²) in [6.45, 7) is 7.23. The van der Waals surface area contributed by atoms with Crippen LogP contribution in [-0.4, -0.2) is 37.4 Å². The van der Waals surface area contributed by atoms with Gasteiger partial charge in [-0.3, -0.25) is 9.69 Å². The monoisotopic (exact) mass is 343 g/mol. The third-order valence-electron chi connectivity index (χ3n) is 4.30. The summed E-state index contributed by atoms with van der Waals surface area (Å²) >= 11 is 0. The molecule has 1 unspecified atom stereocenters. The fraction of sp³-hybridized carbons (Fsp3) is 0.500. The van der Waals surface area contributed by atoms with Gasteiger partial charge in [0.2, 0.25) is 0 Å². The molecule has 0 fully saturated rings. The Morgan fingerprint density at radius 3 is 2.36 bits per heavy atom. The fourth-order valence-corrected chi connectivity index (χ4v) is 2.68. The topological polar surface area (TPSA) is 29.5 Å². The van der Waals surface area contributed by atoms with E-state index in [1.165, 1.54) is 16.7 Å².